The van der Waals surface area contributed by atoms with Crippen LogP contribution in [0.3, 0.4) is 0 Å². The van der Waals surface area contributed by atoms with Gasteiger partial charge in [0.25, 0.3) is 5.56 Å². The van der Waals surface area contributed by atoms with E-state index in [1.54, 1.807) is 17.5 Å². The zero-order valence-corrected chi connectivity index (χ0v) is 12.7. The van der Waals surface area contributed by atoms with Crippen LogP contribution in [-0.4, -0.2) is 14.6 Å². The summed E-state index contributed by atoms with van der Waals surface area (Å²) < 4.78 is 1.46. The van der Waals surface area contributed by atoms with Crippen molar-refractivity contribution >= 4 is 38.0 Å². The summed E-state index contributed by atoms with van der Waals surface area (Å²) in [5.74, 6) is 0. The van der Waals surface area contributed by atoms with Crippen LogP contribution in [0, 0.1) is 0 Å². The number of fused-ring (bicyclic) bond motifs is 6. The lowest BCUT2D eigenvalue weighted by Gasteiger charge is -2.09. The van der Waals surface area contributed by atoms with E-state index in [-0.39, 0.29) is 5.56 Å². The molecule has 4 aromatic rings. The average molecular weight is 307 g/mol. The van der Waals surface area contributed by atoms with E-state index in [4.69, 9.17) is 4.98 Å². The maximum atomic E-state index is 12.9. The summed E-state index contributed by atoms with van der Waals surface area (Å²) in [7, 11) is 0. The van der Waals surface area contributed by atoms with Crippen molar-refractivity contribution in [2.75, 3.05) is 0 Å². The van der Waals surface area contributed by atoms with E-state index in [1.165, 1.54) is 21.4 Å². The van der Waals surface area contributed by atoms with Crippen LogP contribution in [0.4, 0.5) is 0 Å². The van der Waals surface area contributed by atoms with Crippen LogP contribution in [0.1, 0.15) is 23.3 Å². The van der Waals surface area contributed by atoms with Crippen LogP contribution in [0.2, 0.25) is 0 Å². The first-order chi connectivity index (χ1) is 10.8. The lowest BCUT2D eigenvalue weighted by atomic mass is 9.97. The molecule has 108 valence electrons. The second kappa shape index (κ2) is 4.36. The Hall–Kier alpha value is -2.27. The van der Waals surface area contributed by atoms with E-state index in [2.05, 4.69) is 5.10 Å². The van der Waals surface area contributed by atoms with E-state index >= 15 is 0 Å². The molecule has 0 saturated heterocycles. The number of nitrogens with zero attached hydrogens (tertiary/aromatic N) is 3. The van der Waals surface area contributed by atoms with Crippen molar-refractivity contribution in [1.29, 1.82) is 0 Å². The van der Waals surface area contributed by atoms with Crippen molar-refractivity contribution in [1.82, 2.24) is 14.6 Å². The molecule has 0 amide bonds. The molecule has 1 aliphatic carbocycles. The first kappa shape index (κ1) is 12.3. The average Bonchev–Trinajstić information content (AvgIpc) is 2.93. The molecule has 0 spiro atoms. The molecule has 0 radical (unpaired) electrons. The number of hydrogen-bond donors (Lipinski definition) is 0. The third-order valence-corrected chi connectivity index (χ3v) is 5.67. The molecule has 0 aliphatic heterocycles. The fourth-order valence-electron chi connectivity index (χ4n) is 3.41. The first-order valence-corrected chi connectivity index (χ1v) is 8.35. The topological polar surface area (TPSA) is 47.3 Å². The van der Waals surface area contributed by atoms with Crippen molar-refractivity contribution < 1.29 is 0 Å². The molecular weight excluding hydrogens is 294 g/mol. The fraction of sp³-hybridized carbons (Fsp3) is 0.235. The molecule has 4 nitrogen and oxygen atoms in total. The van der Waals surface area contributed by atoms with Gasteiger partial charge in [0.05, 0.1) is 11.6 Å². The summed E-state index contributed by atoms with van der Waals surface area (Å²) >= 11 is 1.69. The number of aryl methyl sites for hydroxylation is 2. The zero-order valence-electron chi connectivity index (χ0n) is 11.9. The van der Waals surface area contributed by atoms with Gasteiger partial charge in [0.15, 0.2) is 5.65 Å². The van der Waals surface area contributed by atoms with E-state index in [0.717, 1.165) is 40.3 Å². The number of rotatable bonds is 0. The lowest BCUT2D eigenvalue weighted by molar-refractivity contribution is 0.699. The van der Waals surface area contributed by atoms with Gasteiger partial charge >= 0.3 is 0 Å². The number of thiophene rings is 1. The minimum atomic E-state index is -0.0230. The summed E-state index contributed by atoms with van der Waals surface area (Å²) in [4.78, 5) is 19.9. The third kappa shape index (κ3) is 1.54. The second-order valence-corrected chi connectivity index (χ2v) is 6.86. The van der Waals surface area contributed by atoms with Crippen LogP contribution in [0.15, 0.2) is 35.3 Å². The van der Waals surface area contributed by atoms with Crippen LogP contribution >= 0.6 is 11.3 Å². The Morgan fingerprint density at radius 3 is 2.95 bits per heavy atom. The molecular formula is C17H13N3OS. The Balaban J connectivity index is 2.01. The number of aromatic nitrogens is 3. The fourth-order valence-corrected chi connectivity index (χ4v) is 4.66. The van der Waals surface area contributed by atoms with Gasteiger partial charge in [0.1, 0.15) is 4.83 Å². The number of benzene rings is 1. The molecule has 0 bridgehead atoms. The summed E-state index contributed by atoms with van der Waals surface area (Å²) in [6.07, 6.45) is 6.18. The van der Waals surface area contributed by atoms with E-state index in [1.807, 2.05) is 24.3 Å². The van der Waals surface area contributed by atoms with Gasteiger partial charge in [-0.2, -0.15) is 9.61 Å². The van der Waals surface area contributed by atoms with Crippen molar-refractivity contribution in [3.63, 3.8) is 0 Å². The quantitative estimate of drug-likeness (QED) is 0.468. The van der Waals surface area contributed by atoms with Crippen LogP contribution < -0.4 is 5.56 Å². The molecule has 0 fully saturated rings. The number of hydrogen-bond acceptors (Lipinski definition) is 4. The van der Waals surface area contributed by atoms with Gasteiger partial charge in [-0.25, -0.2) is 4.98 Å². The Morgan fingerprint density at radius 1 is 1.14 bits per heavy atom. The Morgan fingerprint density at radius 2 is 2.00 bits per heavy atom. The largest absolute Gasteiger partial charge is 0.283 e. The van der Waals surface area contributed by atoms with Crippen LogP contribution in [0.25, 0.3) is 26.6 Å². The highest BCUT2D eigenvalue weighted by molar-refractivity contribution is 7.18. The monoisotopic (exact) mass is 307 g/mol. The highest BCUT2D eigenvalue weighted by Gasteiger charge is 2.21. The van der Waals surface area contributed by atoms with E-state index in [9.17, 15) is 4.79 Å². The lowest BCUT2D eigenvalue weighted by Crippen LogP contribution is -2.18. The van der Waals surface area contributed by atoms with Gasteiger partial charge in [0.2, 0.25) is 0 Å². The highest BCUT2D eigenvalue weighted by atomic mass is 32.1. The van der Waals surface area contributed by atoms with Crippen molar-refractivity contribution in [2.45, 2.75) is 25.7 Å². The third-order valence-electron chi connectivity index (χ3n) is 4.48. The predicted octanol–water partition coefficient (Wildman–Crippen LogP) is 3.34. The maximum Gasteiger partial charge on any atom is 0.283 e. The first-order valence-electron chi connectivity index (χ1n) is 7.54. The molecule has 1 aliphatic rings. The highest BCUT2D eigenvalue weighted by Crippen LogP contribution is 2.34. The smallest absolute Gasteiger partial charge is 0.267 e. The van der Waals surface area contributed by atoms with E-state index in [0.29, 0.717) is 5.65 Å². The van der Waals surface area contributed by atoms with Gasteiger partial charge in [-0.05, 0) is 31.2 Å². The summed E-state index contributed by atoms with van der Waals surface area (Å²) in [5, 5.41) is 7.11. The minimum Gasteiger partial charge on any atom is -0.267 e. The minimum absolute atomic E-state index is 0.0230. The molecule has 0 saturated carbocycles. The zero-order chi connectivity index (χ0) is 14.7. The maximum absolute atomic E-state index is 12.9. The van der Waals surface area contributed by atoms with Gasteiger partial charge < -0.3 is 0 Å². The van der Waals surface area contributed by atoms with Gasteiger partial charge in [-0.3, -0.25) is 4.79 Å². The molecule has 5 heteroatoms. The normalized spacial score (nSPS) is 14.7. The Kier molecular flexibility index (Phi) is 2.44. The summed E-state index contributed by atoms with van der Waals surface area (Å²) in [6, 6.07) is 7.94. The molecule has 22 heavy (non-hydrogen) atoms. The Bertz CT molecular complexity index is 1110. The summed E-state index contributed by atoms with van der Waals surface area (Å²) in [6.45, 7) is 0. The van der Waals surface area contributed by atoms with Crippen molar-refractivity contribution in [3.8, 4) is 0 Å². The van der Waals surface area contributed by atoms with Gasteiger partial charge in [-0.15, -0.1) is 11.3 Å². The molecule has 0 unspecified atom stereocenters. The van der Waals surface area contributed by atoms with Crippen LogP contribution in [0.5, 0.6) is 0 Å². The van der Waals surface area contributed by atoms with Crippen molar-refractivity contribution in [2.24, 2.45) is 0 Å². The van der Waals surface area contributed by atoms with Gasteiger partial charge in [0, 0.05) is 15.6 Å². The molecule has 5 rings (SSSR count). The van der Waals surface area contributed by atoms with Crippen LogP contribution in [-0.2, 0) is 12.8 Å². The predicted molar refractivity (Wildman–Crippen MR) is 88.8 cm³/mol. The van der Waals surface area contributed by atoms with E-state index < -0.39 is 0 Å². The summed E-state index contributed by atoms with van der Waals surface area (Å²) in [5.41, 5.74) is 1.85. The molecule has 0 N–H and O–H groups in total. The van der Waals surface area contributed by atoms with Crippen molar-refractivity contribution in [3.05, 3.63) is 51.3 Å². The molecule has 0 atom stereocenters. The molecule has 3 heterocycles. The Labute approximate surface area is 130 Å². The standard InChI is InChI=1S/C17H13N3OS/c21-17-14-12-7-3-4-8-13(12)22-16(14)19-15-11-6-2-1-5-10(11)9-18-20(15)17/h1-2,5-6,9H,3-4,7-8H2. The second-order valence-electron chi connectivity index (χ2n) is 5.78. The molecule has 1 aromatic carbocycles. The van der Waals surface area contributed by atoms with Gasteiger partial charge in [-0.1, -0.05) is 24.3 Å². The molecule has 3 aromatic heterocycles. The SMILES string of the molecule is O=c1c2c3c(sc2nc2c4ccccc4cnn12)CCCC3.